The number of rotatable bonds is 5. The quantitative estimate of drug-likeness (QED) is 0.584. The van der Waals surface area contributed by atoms with E-state index in [2.05, 4.69) is 4.90 Å². The van der Waals surface area contributed by atoms with Gasteiger partial charge < -0.3 is 4.74 Å². The smallest absolute Gasteiger partial charge is 0.153 e. The molecule has 0 N–H and O–H groups in total. The lowest BCUT2D eigenvalue weighted by Gasteiger charge is -2.36. The molecule has 4 heteroatoms. The molecular formula is C14H18BNO2. The van der Waals surface area contributed by atoms with Gasteiger partial charge in [-0.15, -0.1) is 0 Å². The second kappa shape index (κ2) is 5.57. The average molecular weight is 243 g/mol. The van der Waals surface area contributed by atoms with Crippen molar-refractivity contribution in [3.8, 4) is 5.75 Å². The third-order valence-electron chi connectivity index (χ3n) is 3.41. The number of nitrogens with zero attached hydrogens (tertiary/aromatic N) is 1. The molecule has 2 radical (unpaired) electrons. The van der Waals surface area contributed by atoms with E-state index in [1.807, 2.05) is 32.2 Å². The lowest BCUT2D eigenvalue weighted by molar-refractivity contribution is 0.0383. The summed E-state index contributed by atoms with van der Waals surface area (Å²) < 4.78 is 5.81. The molecule has 1 fully saturated rings. The standard InChI is InChI=1S/C14H18BNO2/c1-10(6-15)11-3-4-14(12(5-11)9-17)18-13-7-16(2)8-13/h3-5,9-10,13H,6-8H2,1-2H3/t10-/m0/s1. The van der Waals surface area contributed by atoms with Crippen molar-refractivity contribution >= 4 is 14.1 Å². The van der Waals surface area contributed by atoms with Gasteiger partial charge in [0.05, 0.1) is 13.4 Å². The maximum absolute atomic E-state index is 11.1. The maximum Gasteiger partial charge on any atom is 0.153 e. The molecule has 1 aromatic rings. The third kappa shape index (κ3) is 2.75. The summed E-state index contributed by atoms with van der Waals surface area (Å²) in [6.07, 6.45) is 1.63. The Morgan fingerprint density at radius 1 is 1.56 bits per heavy atom. The molecule has 0 saturated carbocycles. The number of hydrogen-bond acceptors (Lipinski definition) is 3. The first-order chi connectivity index (χ1) is 8.63. The van der Waals surface area contributed by atoms with Crippen LogP contribution in [0.5, 0.6) is 5.75 Å². The molecule has 1 aliphatic heterocycles. The number of hydrogen-bond donors (Lipinski definition) is 0. The molecule has 3 nitrogen and oxygen atoms in total. The number of benzene rings is 1. The van der Waals surface area contributed by atoms with Crippen LogP contribution >= 0.6 is 0 Å². The molecule has 1 atom stereocenters. The highest BCUT2D eigenvalue weighted by atomic mass is 16.5. The van der Waals surface area contributed by atoms with Crippen LogP contribution < -0.4 is 4.74 Å². The van der Waals surface area contributed by atoms with Gasteiger partial charge in [-0.2, -0.15) is 0 Å². The Morgan fingerprint density at radius 2 is 2.28 bits per heavy atom. The Hall–Kier alpha value is -1.29. The molecule has 0 aliphatic carbocycles. The van der Waals surface area contributed by atoms with Gasteiger partial charge in [-0.05, 0) is 30.7 Å². The number of likely N-dealkylation sites (N-methyl/N-ethyl adjacent to an activating group) is 1. The molecule has 18 heavy (non-hydrogen) atoms. The first kappa shape index (κ1) is 13.2. The van der Waals surface area contributed by atoms with Crippen molar-refractivity contribution in [2.24, 2.45) is 0 Å². The van der Waals surface area contributed by atoms with Crippen LogP contribution in [0.1, 0.15) is 28.8 Å². The average Bonchev–Trinajstić information content (AvgIpc) is 2.36. The van der Waals surface area contributed by atoms with Gasteiger partial charge in [-0.25, -0.2) is 0 Å². The summed E-state index contributed by atoms with van der Waals surface area (Å²) in [6.45, 7) is 3.88. The van der Waals surface area contributed by atoms with E-state index in [4.69, 9.17) is 12.6 Å². The van der Waals surface area contributed by atoms with Crippen molar-refractivity contribution in [1.29, 1.82) is 0 Å². The first-order valence-corrected chi connectivity index (χ1v) is 6.28. The van der Waals surface area contributed by atoms with E-state index in [1.54, 1.807) is 0 Å². The van der Waals surface area contributed by atoms with E-state index in [9.17, 15) is 4.79 Å². The molecule has 0 bridgehead atoms. The minimum Gasteiger partial charge on any atom is -0.487 e. The van der Waals surface area contributed by atoms with Crippen molar-refractivity contribution in [3.05, 3.63) is 29.3 Å². The first-order valence-electron chi connectivity index (χ1n) is 6.28. The summed E-state index contributed by atoms with van der Waals surface area (Å²) >= 11 is 0. The lowest BCUT2D eigenvalue weighted by Crippen LogP contribution is -2.51. The molecule has 1 aliphatic rings. The number of likely N-dealkylation sites (tertiary alicyclic amines) is 1. The molecule has 1 saturated heterocycles. The van der Waals surface area contributed by atoms with E-state index in [0.717, 1.165) is 24.9 Å². The zero-order chi connectivity index (χ0) is 13.1. The highest BCUT2D eigenvalue weighted by molar-refractivity contribution is 6.09. The number of carbonyl (C=O) groups excluding carboxylic acids is 1. The molecule has 1 heterocycles. The molecule has 0 aromatic heterocycles. The van der Waals surface area contributed by atoms with Crippen molar-refractivity contribution in [3.63, 3.8) is 0 Å². The Balaban J connectivity index is 2.13. The summed E-state index contributed by atoms with van der Waals surface area (Å²) in [5.41, 5.74) is 1.69. The van der Waals surface area contributed by atoms with E-state index in [1.165, 1.54) is 0 Å². The van der Waals surface area contributed by atoms with Crippen molar-refractivity contribution in [1.82, 2.24) is 4.90 Å². The molecule has 0 amide bonds. The third-order valence-corrected chi connectivity index (χ3v) is 3.41. The van der Waals surface area contributed by atoms with Gasteiger partial charge in [-0.3, -0.25) is 9.69 Å². The van der Waals surface area contributed by atoms with Gasteiger partial charge >= 0.3 is 0 Å². The summed E-state index contributed by atoms with van der Waals surface area (Å²) in [7, 11) is 7.68. The Bertz CT molecular complexity index is 430. The molecule has 94 valence electrons. The fourth-order valence-corrected chi connectivity index (χ4v) is 2.10. The van der Waals surface area contributed by atoms with Crippen LogP contribution in [0.2, 0.25) is 6.32 Å². The van der Waals surface area contributed by atoms with Crippen LogP contribution in [-0.2, 0) is 0 Å². The fourth-order valence-electron chi connectivity index (χ4n) is 2.10. The van der Waals surface area contributed by atoms with Crippen LogP contribution in [0.4, 0.5) is 0 Å². The number of aldehydes is 1. The van der Waals surface area contributed by atoms with Crippen molar-refractivity contribution < 1.29 is 9.53 Å². The second-order valence-corrected chi connectivity index (χ2v) is 5.01. The SMILES string of the molecule is [B]C[C@H](C)c1ccc(OC2CN(C)C2)c(C=O)c1. The highest BCUT2D eigenvalue weighted by Gasteiger charge is 2.25. The molecule has 0 unspecified atom stereocenters. The summed E-state index contributed by atoms with van der Waals surface area (Å²) in [4.78, 5) is 13.3. The normalized spacial score (nSPS) is 18.1. The van der Waals surface area contributed by atoms with Crippen LogP contribution in [0.25, 0.3) is 0 Å². The van der Waals surface area contributed by atoms with Crippen molar-refractivity contribution in [2.45, 2.75) is 25.3 Å². The zero-order valence-electron chi connectivity index (χ0n) is 10.9. The zero-order valence-corrected chi connectivity index (χ0v) is 10.9. The molecule has 2 rings (SSSR count). The Morgan fingerprint density at radius 3 is 2.83 bits per heavy atom. The molecule has 1 aromatic carbocycles. The number of carbonyl (C=O) groups is 1. The van der Waals surface area contributed by atoms with E-state index < -0.39 is 0 Å². The summed E-state index contributed by atoms with van der Waals surface area (Å²) in [5.74, 6) is 0.934. The van der Waals surface area contributed by atoms with Gasteiger partial charge in [0.25, 0.3) is 0 Å². The van der Waals surface area contributed by atoms with Crippen LogP contribution in [-0.4, -0.2) is 45.3 Å². The topological polar surface area (TPSA) is 29.5 Å². The van der Waals surface area contributed by atoms with Crippen LogP contribution in [0, 0.1) is 0 Å². The van der Waals surface area contributed by atoms with Crippen LogP contribution in [0.3, 0.4) is 0 Å². The fraction of sp³-hybridized carbons (Fsp3) is 0.500. The van der Waals surface area contributed by atoms with Gasteiger partial charge in [0.15, 0.2) is 6.29 Å². The predicted molar refractivity (Wildman–Crippen MR) is 72.7 cm³/mol. The van der Waals surface area contributed by atoms with Gasteiger partial charge in [0.1, 0.15) is 11.9 Å². The predicted octanol–water partition coefficient (Wildman–Crippen LogP) is 1.88. The van der Waals surface area contributed by atoms with E-state index in [-0.39, 0.29) is 12.0 Å². The Kier molecular flexibility index (Phi) is 4.07. The largest absolute Gasteiger partial charge is 0.487 e. The van der Waals surface area contributed by atoms with Crippen LogP contribution in [0.15, 0.2) is 18.2 Å². The van der Waals surface area contributed by atoms with Gasteiger partial charge in [-0.1, -0.05) is 19.3 Å². The lowest BCUT2D eigenvalue weighted by atomic mass is 9.86. The summed E-state index contributed by atoms with van der Waals surface area (Å²) in [6, 6.07) is 5.74. The van der Waals surface area contributed by atoms with E-state index in [0.29, 0.717) is 17.6 Å². The second-order valence-electron chi connectivity index (χ2n) is 5.01. The minimum atomic E-state index is 0.200. The van der Waals surface area contributed by atoms with Gasteiger partial charge in [0, 0.05) is 13.1 Å². The van der Waals surface area contributed by atoms with E-state index >= 15 is 0 Å². The molecular weight excluding hydrogens is 225 g/mol. The van der Waals surface area contributed by atoms with Gasteiger partial charge in [0.2, 0.25) is 0 Å². The molecule has 0 spiro atoms. The summed E-state index contributed by atoms with van der Waals surface area (Å²) in [5, 5.41) is 0. The number of ether oxygens (including phenoxy) is 1. The maximum atomic E-state index is 11.1. The van der Waals surface area contributed by atoms with Crippen molar-refractivity contribution in [2.75, 3.05) is 20.1 Å². The highest BCUT2D eigenvalue weighted by Crippen LogP contribution is 2.26. The Labute approximate surface area is 110 Å². The minimum absolute atomic E-state index is 0.200. The monoisotopic (exact) mass is 243 g/mol.